The van der Waals surface area contributed by atoms with Gasteiger partial charge in [0.1, 0.15) is 0 Å². The van der Waals surface area contributed by atoms with Crippen molar-refractivity contribution in [1.29, 1.82) is 0 Å². The van der Waals surface area contributed by atoms with Crippen LogP contribution in [-0.2, 0) is 11.3 Å². The summed E-state index contributed by atoms with van der Waals surface area (Å²) >= 11 is 3.42. The highest BCUT2D eigenvalue weighted by atomic mass is 79.9. The molecule has 0 aromatic heterocycles. The quantitative estimate of drug-likeness (QED) is 0.877. The zero-order valence-electron chi connectivity index (χ0n) is 10.5. The lowest BCUT2D eigenvalue weighted by molar-refractivity contribution is -0.138. The minimum Gasteiger partial charge on any atom is -0.481 e. The molecule has 1 saturated carbocycles. The first-order chi connectivity index (χ1) is 8.49. The molecule has 1 aromatic carbocycles. The van der Waals surface area contributed by atoms with E-state index in [0.29, 0.717) is 6.42 Å². The first kappa shape index (κ1) is 13.6. The summed E-state index contributed by atoms with van der Waals surface area (Å²) < 4.78 is 1.08. The second-order valence-electron chi connectivity index (χ2n) is 5.37. The van der Waals surface area contributed by atoms with Crippen molar-refractivity contribution in [3.63, 3.8) is 0 Å². The molecular weight excluding hydrogens is 294 g/mol. The van der Waals surface area contributed by atoms with Crippen LogP contribution in [0.3, 0.4) is 0 Å². The summed E-state index contributed by atoms with van der Waals surface area (Å²) in [5, 5.41) is 8.90. The van der Waals surface area contributed by atoms with Crippen LogP contribution in [0.15, 0.2) is 28.7 Å². The molecule has 3 nitrogen and oxygen atoms in total. The summed E-state index contributed by atoms with van der Waals surface area (Å²) in [6.45, 7) is 1.74. The summed E-state index contributed by atoms with van der Waals surface area (Å²) in [5.41, 5.74) is 1.29. The zero-order valence-corrected chi connectivity index (χ0v) is 12.1. The van der Waals surface area contributed by atoms with Gasteiger partial charge in [0.05, 0.1) is 6.42 Å². The van der Waals surface area contributed by atoms with Crippen molar-refractivity contribution in [3.8, 4) is 0 Å². The minimum absolute atomic E-state index is 0.0376. The summed E-state index contributed by atoms with van der Waals surface area (Å²) in [4.78, 5) is 13.0. The van der Waals surface area contributed by atoms with Gasteiger partial charge in [0.25, 0.3) is 0 Å². The van der Waals surface area contributed by atoms with Crippen LogP contribution in [0.2, 0.25) is 0 Å². The lowest BCUT2D eigenvalue weighted by Crippen LogP contribution is -2.28. The topological polar surface area (TPSA) is 40.5 Å². The maximum Gasteiger partial charge on any atom is 0.303 e. The van der Waals surface area contributed by atoms with Crippen molar-refractivity contribution in [3.05, 3.63) is 34.3 Å². The third-order valence-corrected chi connectivity index (χ3v) is 3.98. The number of rotatable bonds is 6. The highest BCUT2D eigenvalue weighted by molar-refractivity contribution is 9.10. The number of carboxylic acid groups (broad SMARTS) is 1. The lowest BCUT2D eigenvalue weighted by atomic mass is 10.0. The van der Waals surface area contributed by atoms with E-state index in [1.165, 1.54) is 5.56 Å². The van der Waals surface area contributed by atoms with E-state index in [1.807, 2.05) is 12.1 Å². The number of hydrogen-bond acceptors (Lipinski definition) is 2. The summed E-state index contributed by atoms with van der Waals surface area (Å²) in [6, 6.07) is 8.26. The van der Waals surface area contributed by atoms with Crippen molar-refractivity contribution < 1.29 is 9.90 Å². The molecule has 0 saturated heterocycles. The van der Waals surface area contributed by atoms with Gasteiger partial charge in [0.2, 0.25) is 0 Å². The van der Waals surface area contributed by atoms with Gasteiger partial charge in [-0.2, -0.15) is 0 Å². The van der Waals surface area contributed by atoms with Gasteiger partial charge in [0.15, 0.2) is 0 Å². The first-order valence-electron chi connectivity index (χ1n) is 6.14. The molecule has 1 aliphatic carbocycles. The molecule has 0 unspecified atom stereocenters. The second kappa shape index (κ2) is 5.41. The minimum atomic E-state index is -0.676. The first-order valence-corrected chi connectivity index (χ1v) is 6.93. The Kier molecular flexibility index (Phi) is 4.07. The zero-order chi connectivity index (χ0) is 13.2. The van der Waals surface area contributed by atoms with Crippen molar-refractivity contribution >= 4 is 21.9 Å². The molecule has 2 rings (SSSR count). The molecule has 1 fully saturated rings. The van der Waals surface area contributed by atoms with Gasteiger partial charge in [-0.3, -0.25) is 4.79 Å². The third kappa shape index (κ3) is 3.82. The Morgan fingerprint density at radius 3 is 2.50 bits per heavy atom. The van der Waals surface area contributed by atoms with Crippen molar-refractivity contribution in [2.45, 2.75) is 25.8 Å². The fourth-order valence-corrected chi connectivity index (χ4v) is 2.68. The van der Waals surface area contributed by atoms with Gasteiger partial charge < -0.3 is 10.0 Å². The average Bonchev–Trinajstić information content (AvgIpc) is 3.00. The molecule has 0 heterocycles. The van der Waals surface area contributed by atoms with Gasteiger partial charge in [-0.25, -0.2) is 0 Å². The Labute approximate surface area is 116 Å². The molecule has 0 bridgehead atoms. The number of carbonyl (C=O) groups is 1. The number of hydrogen-bond donors (Lipinski definition) is 1. The molecule has 0 aliphatic heterocycles. The van der Waals surface area contributed by atoms with Crippen LogP contribution in [-0.4, -0.2) is 29.6 Å². The van der Waals surface area contributed by atoms with E-state index in [4.69, 9.17) is 5.11 Å². The van der Waals surface area contributed by atoms with E-state index in [0.717, 1.165) is 30.4 Å². The Hall–Kier alpha value is -0.870. The van der Waals surface area contributed by atoms with Crippen LogP contribution in [0, 0.1) is 5.41 Å². The molecule has 0 atom stereocenters. The van der Waals surface area contributed by atoms with E-state index in [2.05, 4.69) is 40.0 Å². The van der Waals surface area contributed by atoms with Crippen molar-refractivity contribution in [1.82, 2.24) is 4.90 Å². The van der Waals surface area contributed by atoms with Crippen LogP contribution in [0.1, 0.15) is 24.8 Å². The Balaban J connectivity index is 1.87. The number of nitrogens with zero attached hydrogens (tertiary/aromatic N) is 1. The van der Waals surface area contributed by atoms with Gasteiger partial charge >= 0.3 is 5.97 Å². The molecule has 18 heavy (non-hydrogen) atoms. The van der Waals surface area contributed by atoms with Crippen LogP contribution in [0.4, 0.5) is 0 Å². The number of halogens is 1. The van der Waals surface area contributed by atoms with Crippen LogP contribution in [0.5, 0.6) is 0 Å². The maximum absolute atomic E-state index is 10.8. The second-order valence-corrected chi connectivity index (χ2v) is 6.28. The predicted octanol–water partition coefficient (Wildman–Crippen LogP) is 3.14. The standard InChI is InChI=1S/C14H18BrNO2/c1-16(9-11-2-4-12(15)5-3-11)10-14(6-7-14)8-13(17)18/h2-5H,6-10H2,1H3,(H,17,18). The lowest BCUT2D eigenvalue weighted by Gasteiger charge is -2.22. The van der Waals surface area contributed by atoms with Crippen molar-refractivity contribution in [2.75, 3.05) is 13.6 Å². The van der Waals surface area contributed by atoms with E-state index in [-0.39, 0.29) is 5.41 Å². The predicted molar refractivity (Wildman–Crippen MR) is 74.4 cm³/mol. The van der Waals surface area contributed by atoms with E-state index >= 15 is 0 Å². The smallest absolute Gasteiger partial charge is 0.303 e. The third-order valence-electron chi connectivity index (χ3n) is 3.45. The van der Waals surface area contributed by atoms with Gasteiger partial charge in [-0.15, -0.1) is 0 Å². The van der Waals surface area contributed by atoms with Crippen LogP contribution in [0.25, 0.3) is 0 Å². The Bertz CT molecular complexity index is 426. The van der Waals surface area contributed by atoms with Crippen LogP contribution < -0.4 is 0 Å². The van der Waals surface area contributed by atoms with E-state index in [1.54, 1.807) is 0 Å². The molecule has 1 aliphatic rings. The highest BCUT2D eigenvalue weighted by Crippen LogP contribution is 2.49. The van der Waals surface area contributed by atoms with E-state index < -0.39 is 5.97 Å². The molecule has 1 N–H and O–H groups in total. The monoisotopic (exact) mass is 311 g/mol. The number of aliphatic carboxylic acids is 1. The molecule has 1 aromatic rings. The highest BCUT2D eigenvalue weighted by Gasteiger charge is 2.44. The molecule has 0 spiro atoms. The normalized spacial score (nSPS) is 16.8. The van der Waals surface area contributed by atoms with Crippen molar-refractivity contribution in [2.24, 2.45) is 5.41 Å². The number of benzene rings is 1. The maximum atomic E-state index is 10.8. The number of carboxylic acids is 1. The summed E-state index contributed by atoms with van der Waals surface area (Å²) in [5.74, 6) is -0.676. The summed E-state index contributed by atoms with van der Waals surface area (Å²) in [6.07, 6.45) is 2.39. The fourth-order valence-electron chi connectivity index (χ4n) is 2.42. The van der Waals surface area contributed by atoms with E-state index in [9.17, 15) is 4.79 Å². The molecule has 98 valence electrons. The van der Waals surface area contributed by atoms with Crippen LogP contribution >= 0.6 is 15.9 Å². The Morgan fingerprint density at radius 1 is 1.39 bits per heavy atom. The Morgan fingerprint density at radius 2 is 2.00 bits per heavy atom. The molecule has 0 radical (unpaired) electrons. The summed E-state index contributed by atoms with van der Waals surface area (Å²) in [7, 11) is 2.06. The fraction of sp³-hybridized carbons (Fsp3) is 0.500. The molecule has 4 heteroatoms. The average molecular weight is 312 g/mol. The molecule has 0 amide bonds. The van der Waals surface area contributed by atoms with Gasteiger partial charge in [-0.1, -0.05) is 28.1 Å². The largest absolute Gasteiger partial charge is 0.481 e. The SMILES string of the molecule is CN(Cc1ccc(Br)cc1)CC1(CC(=O)O)CC1. The molecular formula is C14H18BrNO2. The van der Waals surface area contributed by atoms with Gasteiger partial charge in [-0.05, 0) is 43.0 Å². The van der Waals surface area contributed by atoms with Gasteiger partial charge in [0, 0.05) is 17.6 Å².